The zero-order chi connectivity index (χ0) is 42.3. The first-order chi connectivity index (χ1) is 28.2. The van der Waals surface area contributed by atoms with Gasteiger partial charge in [-0.1, -0.05) is 105 Å². The van der Waals surface area contributed by atoms with Crippen molar-refractivity contribution in [3.63, 3.8) is 0 Å². The summed E-state index contributed by atoms with van der Waals surface area (Å²) < 4.78 is 5.18. The molecule has 2 aliphatic heterocycles. The Kier molecular flexibility index (Phi) is 20.0. The summed E-state index contributed by atoms with van der Waals surface area (Å²) in [5.41, 5.74) is 21.0. The molecule has 2 aliphatic rings. The lowest BCUT2D eigenvalue weighted by Crippen LogP contribution is -2.34. The molecule has 0 radical (unpaired) electrons. The molecule has 5 aromatic rings. The quantitative estimate of drug-likeness (QED) is 0.132. The van der Waals surface area contributed by atoms with E-state index in [-0.39, 0.29) is 6.61 Å². The summed E-state index contributed by atoms with van der Waals surface area (Å²) >= 11 is 0. The first-order valence-electron chi connectivity index (χ1n) is 19.9. The Morgan fingerprint density at radius 1 is 0.741 bits per heavy atom. The monoisotopic (exact) mass is 770 g/mol. The van der Waals surface area contributed by atoms with Gasteiger partial charge in [0.2, 0.25) is 0 Å². The van der Waals surface area contributed by atoms with E-state index in [1.165, 1.54) is 83.0 Å². The molecule has 0 spiro atoms. The number of anilines is 2. The molecule has 1 N–H and O–H groups in total. The predicted molar refractivity (Wildman–Crippen MR) is 255 cm³/mol. The van der Waals surface area contributed by atoms with E-state index in [9.17, 15) is 0 Å². The highest BCUT2D eigenvalue weighted by Gasteiger charge is 2.23. The molecule has 0 saturated carbocycles. The van der Waals surface area contributed by atoms with E-state index in [1.807, 2.05) is 87.5 Å². The van der Waals surface area contributed by atoms with Gasteiger partial charge in [0.25, 0.3) is 0 Å². The molecule has 58 heavy (non-hydrogen) atoms. The van der Waals surface area contributed by atoms with Crippen molar-refractivity contribution in [2.24, 2.45) is 0 Å². The summed E-state index contributed by atoms with van der Waals surface area (Å²) in [6.45, 7) is 22.7. The highest BCUT2D eigenvalue weighted by atomic mass is 16.5. The van der Waals surface area contributed by atoms with E-state index in [0.717, 1.165) is 22.4 Å². The number of fused-ring (bicyclic) bond motifs is 1. The molecule has 0 aliphatic carbocycles. The minimum absolute atomic E-state index is 0.121. The molecule has 4 heteroatoms. The smallest absolute Gasteiger partial charge is 0.126 e. The Labute approximate surface area is 349 Å². The molecule has 300 valence electrons. The number of benzene rings is 5. The molecule has 0 amide bonds. The lowest BCUT2D eigenvalue weighted by Gasteiger charge is -2.37. The molecule has 0 atom stereocenters. The van der Waals surface area contributed by atoms with Crippen molar-refractivity contribution >= 4 is 46.5 Å². The fraction of sp³-hybridized carbons (Fsp3) is 0.241. The van der Waals surface area contributed by atoms with Gasteiger partial charge in [-0.05, 0) is 133 Å². The SMILES string of the molecule is C/C=C/c1ccc(CO)cc1.C=C=Cc1cc2c3c(c1)CCCN3CCC2.C=C=Cc1ccc(C)cc1OC.C=C=Cc1ccc(N(C)C)c2ccccc12.C=CC. The maximum absolute atomic E-state index is 8.74. The maximum atomic E-state index is 8.74. The Morgan fingerprint density at radius 3 is 1.84 bits per heavy atom. The van der Waals surface area contributed by atoms with E-state index < -0.39 is 0 Å². The Hall–Kier alpha value is -6.24. The summed E-state index contributed by atoms with van der Waals surface area (Å²) in [5, 5.41) is 11.2. The van der Waals surface area contributed by atoms with Gasteiger partial charge < -0.3 is 19.6 Å². The van der Waals surface area contributed by atoms with Crippen molar-refractivity contribution in [1.82, 2.24) is 0 Å². The predicted octanol–water partition coefficient (Wildman–Crippen LogP) is 13.1. The molecule has 0 bridgehead atoms. The number of hydrogen-bond acceptors (Lipinski definition) is 4. The number of hydrogen-bond donors (Lipinski definition) is 1. The van der Waals surface area contributed by atoms with Gasteiger partial charge in [-0.2, -0.15) is 0 Å². The van der Waals surface area contributed by atoms with E-state index >= 15 is 0 Å². The van der Waals surface area contributed by atoms with Gasteiger partial charge in [-0.3, -0.25) is 0 Å². The second-order valence-electron chi connectivity index (χ2n) is 14.1. The lowest BCUT2D eigenvalue weighted by atomic mass is 9.90. The fourth-order valence-corrected chi connectivity index (χ4v) is 6.94. The number of methoxy groups -OCH3 is 1. The standard InChI is InChI=1S/C15H17N.C15H15N.C11H12O.C10H12O.C3H6/c1-2-5-12-10-13-6-3-8-16-9-4-7-14(11-12)15(13)16;1-4-7-12-10-11-15(16(2)3)14-9-6-5-8-13(12)14;1-4-5-10-7-6-9(2)8-11(10)12-3;1-2-3-9-4-6-10(8-11)7-5-9;1-3-2/h5,10-11H,1,3-4,6-9H2;5-11H,1H2,2-3H3;5-8H,1H2,2-3H3;2-7,11H,8H2,1H3;3H,1H2,2H3/b;;;3-2+;. The van der Waals surface area contributed by atoms with Crippen LogP contribution < -0.4 is 14.5 Å². The molecule has 2 heterocycles. The van der Waals surface area contributed by atoms with Gasteiger partial charge in [0.1, 0.15) is 5.75 Å². The van der Waals surface area contributed by atoms with Crippen LogP contribution in [-0.4, -0.2) is 39.4 Å². The van der Waals surface area contributed by atoms with E-state index in [2.05, 4.69) is 116 Å². The van der Waals surface area contributed by atoms with Gasteiger partial charge in [0.15, 0.2) is 0 Å². The second-order valence-corrected chi connectivity index (χ2v) is 14.1. The minimum atomic E-state index is 0.121. The Balaban J connectivity index is 0.000000205. The molecule has 0 unspecified atom stereocenters. The van der Waals surface area contributed by atoms with E-state index in [1.54, 1.807) is 24.9 Å². The molecule has 7 rings (SSSR count). The van der Waals surface area contributed by atoms with Crippen molar-refractivity contribution in [2.75, 3.05) is 44.1 Å². The van der Waals surface area contributed by atoms with Gasteiger partial charge in [0.05, 0.1) is 13.7 Å². The number of ether oxygens (including phenoxy) is 1. The van der Waals surface area contributed by atoms with Gasteiger partial charge in [-0.25, -0.2) is 0 Å². The summed E-state index contributed by atoms with van der Waals surface area (Å²) in [4.78, 5) is 4.70. The van der Waals surface area contributed by atoms with Gasteiger partial charge in [-0.15, -0.1) is 23.8 Å². The van der Waals surface area contributed by atoms with Crippen LogP contribution in [0.2, 0.25) is 0 Å². The highest BCUT2D eigenvalue weighted by molar-refractivity contribution is 5.99. The molecule has 5 aromatic carbocycles. The Bertz CT molecular complexity index is 2230. The van der Waals surface area contributed by atoms with Crippen molar-refractivity contribution in [1.29, 1.82) is 0 Å². The van der Waals surface area contributed by atoms with E-state index in [0.29, 0.717) is 0 Å². The normalized spacial score (nSPS) is 11.7. The maximum Gasteiger partial charge on any atom is 0.126 e. The summed E-state index contributed by atoms with van der Waals surface area (Å²) in [6.07, 6.45) is 16.6. The van der Waals surface area contributed by atoms with Crippen LogP contribution >= 0.6 is 0 Å². The average molecular weight is 771 g/mol. The van der Waals surface area contributed by atoms with E-state index in [4.69, 9.17) is 9.84 Å². The number of rotatable bonds is 7. The first-order valence-corrected chi connectivity index (χ1v) is 19.9. The summed E-state index contributed by atoms with van der Waals surface area (Å²) in [7, 11) is 5.78. The van der Waals surface area contributed by atoms with Crippen molar-refractivity contribution in [3.05, 3.63) is 191 Å². The Morgan fingerprint density at radius 2 is 1.31 bits per heavy atom. The number of aliphatic hydroxyl groups is 1. The number of nitrogens with zero attached hydrogens (tertiary/aromatic N) is 2. The largest absolute Gasteiger partial charge is 0.496 e. The average Bonchev–Trinajstić information content (AvgIpc) is 3.23. The minimum Gasteiger partial charge on any atom is -0.496 e. The fourth-order valence-electron chi connectivity index (χ4n) is 6.94. The van der Waals surface area contributed by atoms with Crippen LogP contribution in [0.15, 0.2) is 147 Å². The van der Waals surface area contributed by atoms with Gasteiger partial charge in [0, 0.05) is 49.5 Å². The molecular formula is C54H62N2O2. The van der Waals surface area contributed by atoms with Crippen LogP contribution in [0.25, 0.3) is 35.1 Å². The zero-order valence-corrected chi connectivity index (χ0v) is 35.7. The third-order valence-electron chi connectivity index (χ3n) is 9.47. The topological polar surface area (TPSA) is 35.9 Å². The molecule has 0 aromatic heterocycles. The van der Waals surface area contributed by atoms with Crippen molar-refractivity contribution in [2.45, 2.75) is 53.1 Å². The number of aliphatic hydroxyl groups excluding tert-OH is 1. The van der Waals surface area contributed by atoms with Crippen LogP contribution in [0.3, 0.4) is 0 Å². The van der Waals surface area contributed by atoms with Crippen molar-refractivity contribution < 1.29 is 9.84 Å². The van der Waals surface area contributed by atoms with Crippen LogP contribution in [0.5, 0.6) is 5.75 Å². The summed E-state index contributed by atoms with van der Waals surface area (Å²) in [5.74, 6) is 0.867. The number of allylic oxidation sites excluding steroid dienone is 2. The highest BCUT2D eigenvalue weighted by Crippen LogP contribution is 2.36. The number of aryl methyl sites for hydroxylation is 3. The molecule has 4 nitrogen and oxygen atoms in total. The van der Waals surface area contributed by atoms with Crippen LogP contribution in [-0.2, 0) is 19.4 Å². The van der Waals surface area contributed by atoms with Crippen LogP contribution in [0.4, 0.5) is 11.4 Å². The van der Waals surface area contributed by atoms with Crippen LogP contribution in [0.1, 0.15) is 71.2 Å². The second kappa shape index (κ2) is 25.1. The van der Waals surface area contributed by atoms with Crippen LogP contribution in [0, 0.1) is 6.92 Å². The third-order valence-corrected chi connectivity index (χ3v) is 9.47. The molecule has 0 fully saturated rings. The summed E-state index contributed by atoms with van der Waals surface area (Å²) in [6, 6.07) is 31.1. The lowest BCUT2D eigenvalue weighted by molar-refractivity contribution is 0.282. The molecule has 0 saturated heterocycles. The molecular weight excluding hydrogens is 709 g/mol. The van der Waals surface area contributed by atoms with Gasteiger partial charge >= 0.3 is 0 Å². The third kappa shape index (κ3) is 13.7. The van der Waals surface area contributed by atoms with Crippen molar-refractivity contribution in [3.8, 4) is 5.75 Å². The first kappa shape index (κ1) is 46.1. The zero-order valence-electron chi connectivity index (χ0n) is 35.7.